The summed E-state index contributed by atoms with van der Waals surface area (Å²) in [6.07, 6.45) is 0.147. The topological polar surface area (TPSA) is 97.5 Å². The molecular formula is C24H34N2O5. The van der Waals surface area contributed by atoms with Gasteiger partial charge in [0.25, 0.3) is 0 Å². The quantitative estimate of drug-likeness (QED) is 0.459. The molecule has 2 aromatic rings. The Kier molecular flexibility index (Phi) is 8.39. The number of H-pyrrole nitrogens is 1. The van der Waals surface area contributed by atoms with Crippen molar-refractivity contribution < 1.29 is 19.1 Å². The van der Waals surface area contributed by atoms with E-state index < -0.39 is 12.1 Å². The van der Waals surface area contributed by atoms with E-state index in [1.807, 2.05) is 20.8 Å². The Morgan fingerprint density at radius 3 is 2.16 bits per heavy atom. The largest absolute Gasteiger partial charge is 0.456 e. The Labute approximate surface area is 183 Å². The molecule has 0 aliphatic heterocycles. The molecule has 7 heteroatoms. The molecule has 2 unspecified atom stereocenters. The van der Waals surface area contributed by atoms with Crippen molar-refractivity contribution in [2.75, 3.05) is 0 Å². The normalized spacial score (nSPS) is 13.6. The summed E-state index contributed by atoms with van der Waals surface area (Å²) in [5.74, 6) is -1.02. The Bertz CT molecular complexity index is 978. The third kappa shape index (κ3) is 6.17. The summed E-state index contributed by atoms with van der Waals surface area (Å²) in [7, 11) is 0. The second-order valence-electron chi connectivity index (χ2n) is 8.69. The zero-order chi connectivity index (χ0) is 23.3. The summed E-state index contributed by atoms with van der Waals surface area (Å²) >= 11 is 0. The van der Waals surface area contributed by atoms with Gasteiger partial charge < -0.3 is 19.8 Å². The number of nitrogens with one attached hydrogen (secondary N) is 2. The first kappa shape index (κ1) is 24.6. The van der Waals surface area contributed by atoms with Crippen LogP contribution in [0.25, 0.3) is 10.9 Å². The van der Waals surface area contributed by atoms with Gasteiger partial charge in [-0.1, -0.05) is 54.5 Å². The van der Waals surface area contributed by atoms with Crippen LogP contribution in [0, 0.1) is 11.8 Å². The van der Waals surface area contributed by atoms with Crippen molar-refractivity contribution in [1.82, 2.24) is 10.3 Å². The van der Waals surface area contributed by atoms with Gasteiger partial charge in [-0.15, -0.1) is 0 Å². The van der Waals surface area contributed by atoms with Gasteiger partial charge in [0.1, 0.15) is 6.10 Å². The van der Waals surface area contributed by atoms with Crippen molar-refractivity contribution >= 4 is 22.8 Å². The lowest BCUT2D eigenvalue weighted by atomic mass is 9.95. The van der Waals surface area contributed by atoms with Crippen LogP contribution in [-0.2, 0) is 14.3 Å². The van der Waals surface area contributed by atoms with Crippen molar-refractivity contribution in [2.45, 2.75) is 73.1 Å². The Morgan fingerprint density at radius 2 is 1.61 bits per heavy atom. The van der Waals surface area contributed by atoms with Gasteiger partial charge in [-0.3, -0.25) is 14.4 Å². The van der Waals surface area contributed by atoms with Crippen LogP contribution in [0.1, 0.15) is 66.6 Å². The Morgan fingerprint density at radius 1 is 0.968 bits per heavy atom. The van der Waals surface area contributed by atoms with E-state index in [1.54, 1.807) is 45.9 Å². The van der Waals surface area contributed by atoms with Crippen LogP contribution in [-0.4, -0.2) is 29.0 Å². The van der Waals surface area contributed by atoms with Crippen LogP contribution in [0.3, 0.4) is 0 Å². The molecule has 2 N–H and O–H groups in total. The molecule has 170 valence electrons. The second kappa shape index (κ2) is 10.6. The molecule has 0 fully saturated rings. The number of rotatable bonds is 9. The van der Waals surface area contributed by atoms with Gasteiger partial charge in [-0.05, 0) is 18.6 Å². The molecule has 0 radical (unpaired) electrons. The number of pyridine rings is 1. The van der Waals surface area contributed by atoms with Gasteiger partial charge in [0.2, 0.25) is 5.56 Å². The summed E-state index contributed by atoms with van der Waals surface area (Å²) in [4.78, 5) is 39.5. The average molecular weight is 431 g/mol. The number of benzene rings is 1. The molecule has 1 aromatic heterocycles. The van der Waals surface area contributed by atoms with Crippen LogP contribution >= 0.6 is 0 Å². The fraction of sp³-hybridized carbons (Fsp3) is 0.542. The van der Waals surface area contributed by atoms with Crippen molar-refractivity contribution in [1.29, 1.82) is 0 Å². The van der Waals surface area contributed by atoms with E-state index in [-0.39, 0.29) is 41.2 Å². The molecule has 1 heterocycles. The lowest BCUT2D eigenvalue weighted by Crippen LogP contribution is -2.41. The van der Waals surface area contributed by atoms with E-state index in [0.717, 1.165) is 12.0 Å². The highest BCUT2D eigenvalue weighted by molar-refractivity contribution is 5.90. The monoisotopic (exact) mass is 430 g/mol. The summed E-state index contributed by atoms with van der Waals surface area (Å²) in [6.45, 7) is 13.2. The van der Waals surface area contributed by atoms with Gasteiger partial charge in [-0.25, -0.2) is 0 Å². The van der Waals surface area contributed by atoms with Gasteiger partial charge in [0, 0.05) is 29.1 Å². The van der Waals surface area contributed by atoms with Gasteiger partial charge in [-0.2, -0.15) is 0 Å². The maximum absolute atomic E-state index is 12.5. The van der Waals surface area contributed by atoms with E-state index >= 15 is 0 Å². The van der Waals surface area contributed by atoms with E-state index in [2.05, 4.69) is 10.3 Å². The number of aromatic amines is 1. The Balaban J connectivity index is 2.65. The van der Waals surface area contributed by atoms with Gasteiger partial charge >= 0.3 is 11.9 Å². The average Bonchev–Trinajstić information content (AvgIpc) is 2.70. The lowest BCUT2D eigenvalue weighted by molar-refractivity contribution is -0.155. The fourth-order valence-corrected chi connectivity index (χ4v) is 3.28. The number of carbonyl (C=O) groups excluding carboxylic acids is 2. The summed E-state index contributed by atoms with van der Waals surface area (Å²) in [6, 6.07) is 6.58. The van der Waals surface area contributed by atoms with Crippen LogP contribution in [0.2, 0.25) is 0 Å². The number of carbonyl (C=O) groups is 2. The standard InChI is InChI=1S/C24H34N2O5/c1-8-18(25-15(6)7)22(31-24(29)14(4)5)17-9-11-19(30-23(28)13(2)3)21-16(17)10-12-20(27)26-21/h9-15,18,22,25H,8H2,1-7H3,(H,26,27). The summed E-state index contributed by atoms with van der Waals surface area (Å²) in [5.41, 5.74) is 0.836. The first-order valence-electron chi connectivity index (χ1n) is 10.9. The number of fused-ring (bicyclic) bond motifs is 1. The fourth-order valence-electron chi connectivity index (χ4n) is 3.28. The molecule has 0 amide bonds. The molecular weight excluding hydrogens is 396 g/mol. The van der Waals surface area contributed by atoms with Crippen LogP contribution in [0.15, 0.2) is 29.1 Å². The van der Waals surface area contributed by atoms with Crippen molar-refractivity contribution in [2.24, 2.45) is 11.8 Å². The second-order valence-corrected chi connectivity index (χ2v) is 8.69. The minimum Gasteiger partial charge on any atom is -0.456 e. The van der Waals surface area contributed by atoms with E-state index in [9.17, 15) is 14.4 Å². The summed E-state index contributed by atoms with van der Waals surface area (Å²) < 4.78 is 11.5. The van der Waals surface area contributed by atoms with Gasteiger partial charge in [0.15, 0.2) is 5.75 Å². The lowest BCUT2D eigenvalue weighted by Gasteiger charge is -2.30. The number of aromatic nitrogens is 1. The highest BCUT2D eigenvalue weighted by Crippen LogP contribution is 2.34. The molecule has 0 saturated carbocycles. The Hall–Kier alpha value is -2.67. The van der Waals surface area contributed by atoms with Crippen LogP contribution in [0.4, 0.5) is 0 Å². The number of hydrogen-bond donors (Lipinski definition) is 2. The first-order chi connectivity index (χ1) is 14.5. The van der Waals surface area contributed by atoms with E-state index in [0.29, 0.717) is 10.9 Å². The molecule has 1 aromatic carbocycles. The number of esters is 2. The van der Waals surface area contributed by atoms with Gasteiger partial charge in [0.05, 0.1) is 17.4 Å². The van der Waals surface area contributed by atoms with Crippen molar-refractivity contribution in [3.05, 3.63) is 40.2 Å². The third-order valence-corrected chi connectivity index (χ3v) is 4.95. The molecule has 0 bridgehead atoms. The van der Waals surface area contributed by atoms with Crippen molar-refractivity contribution in [3.63, 3.8) is 0 Å². The third-order valence-electron chi connectivity index (χ3n) is 4.95. The van der Waals surface area contributed by atoms with E-state index in [1.165, 1.54) is 6.07 Å². The molecule has 2 rings (SSSR count). The SMILES string of the molecule is CCC(NC(C)C)C(OC(=O)C(C)C)c1ccc(OC(=O)C(C)C)c2[nH]c(=O)ccc12. The zero-order valence-electron chi connectivity index (χ0n) is 19.4. The number of hydrogen-bond acceptors (Lipinski definition) is 6. The predicted octanol–water partition coefficient (Wildman–Crippen LogP) is 4.11. The smallest absolute Gasteiger partial charge is 0.313 e. The first-order valence-corrected chi connectivity index (χ1v) is 10.9. The number of ether oxygens (including phenoxy) is 2. The predicted molar refractivity (Wildman–Crippen MR) is 121 cm³/mol. The van der Waals surface area contributed by atoms with Crippen molar-refractivity contribution in [3.8, 4) is 5.75 Å². The maximum Gasteiger partial charge on any atom is 0.313 e. The minimum atomic E-state index is -0.578. The molecule has 0 aliphatic carbocycles. The highest BCUT2D eigenvalue weighted by Gasteiger charge is 2.29. The zero-order valence-corrected chi connectivity index (χ0v) is 19.4. The molecule has 0 aliphatic rings. The molecule has 31 heavy (non-hydrogen) atoms. The minimum absolute atomic E-state index is 0.137. The maximum atomic E-state index is 12.5. The molecule has 0 saturated heterocycles. The van der Waals surface area contributed by atoms with Crippen LogP contribution in [0.5, 0.6) is 5.75 Å². The molecule has 7 nitrogen and oxygen atoms in total. The summed E-state index contributed by atoms with van der Waals surface area (Å²) in [5, 5.41) is 4.14. The molecule has 2 atom stereocenters. The van der Waals surface area contributed by atoms with Crippen LogP contribution < -0.4 is 15.6 Å². The highest BCUT2D eigenvalue weighted by atomic mass is 16.5. The van der Waals surface area contributed by atoms with E-state index in [4.69, 9.17) is 9.47 Å². The molecule has 0 spiro atoms.